The Balaban J connectivity index is 1.78. The molecule has 0 unspecified atom stereocenters. The van der Waals surface area contributed by atoms with Crippen LogP contribution in [0.15, 0.2) is 46.2 Å². The topological polar surface area (TPSA) is 86.3 Å². The second-order valence-electron chi connectivity index (χ2n) is 5.35. The maximum absolute atomic E-state index is 13.5. The average Bonchev–Trinajstić information content (AvgIpc) is 3.34. The minimum absolute atomic E-state index is 0.0570. The van der Waals surface area contributed by atoms with Crippen molar-refractivity contribution in [3.8, 4) is 0 Å². The lowest BCUT2D eigenvalue weighted by molar-refractivity contribution is 0.0976. The van der Waals surface area contributed by atoms with Gasteiger partial charge in [0, 0.05) is 11.6 Å². The third-order valence-corrected chi connectivity index (χ3v) is 3.60. The normalized spacial score (nSPS) is 14.3. The van der Waals surface area contributed by atoms with Crippen LogP contribution in [0, 0.1) is 5.82 Å². The number of H-pyrrole nitrogens is 1. The maximum atomic E-state index is 13.5. The van der Waals surface area contributed by atoms with E-state index in [2.05, 4.69) is 20.6 Å². The van der Waals surface area contributed by atoms with Crippen molar-refractivity contribution in [2.24, 2.45) is 4.99 Å². The van der Waals surface area contributed by atoms with E-state index in [0.29, 0.717) is 5.82 Å². The first-order valence-corrected chi connectivity index (χ1v) is 7.69. The number of nitrogens with zero attached hydrogens (tertiary/aromatic N) is 1. The van der Waals surface area contributed by atoms with Gasteiger partial charge in [0.15, 0.2) is 0 Å². The van der Waals surface area contributed by atoms with Crippen LogP contribution in [0.2, 0.25) is 5.02 Å². The van der Waals surface area contributed by atoms with Crippen molar-refractivity contribution < 1.29 is 9.18 Å². The fourth-order valence-electron chi connectivity index (χ4n) is 1.95. The van der Waals surface area contributed by atoms with Gasteiger partial charge >= 0.3 is 0 Å². The molecule has 6 nitrogen and oxygen atoms in total. The number of halogens is 2. The SMILES string of the molecule is O=C(NC(=NC1CC1)Nc1cccc(=O)[nH]1)c1ccc(Cl)c(F)c1. The first kappa shape index (κ1) is 16.2. The number of carbonyl (C=O) groups excluding carboxylic acids is 1. The van der Waals surface area contributed by atoms with Crippen LogP contribution < -0.4 is 16.2 Å². The highest BCUT2D eigenvalue weighted by molar-refractivity contribution is 6.30. The minimum Gasteiger partial charge on any atom is -0.312 e. The highest BCUT2D eigenvalue weighted by Crippen LogP contribution is 2.23. The minimum atomic E-state index is -0.676. The van der Waals surface area contributed by atoms with Gasteiger partial charge in [-0.1, -0.05) is 17.7 Å². The molecule has 3 rings (SSSR count). The summed E-state index contributed by atoms with van der Waals surface area (Å²) in [6, 6.07) is 8.50. The van der Waals surface area contributed by atoms with Crippen molar-refractivity contribution in [2.45, 2.75) is 18.9 Å². The Morgan fingerprint density at radius 1 is 1.29 bits per heavy atom. The number of aromatic amines is 1. The molecule has 0 bridgehead atoms. The van der Waals surface area contributed by atoms with E-state index in [1.165, 1.54) is 18.2 Å². The Hall–Kier alpha value is -2.67. The molecule has 24 heavy (non-hydrogen) atoms. The molecule has 0 saturated heterocycles. The zero-order valence-corrected chi connectivity index (χ0v) is 13.2. The zero-order chi connectivity index (χ0) is 17.1. The second-order valence-corrected chi connectivity index (χ2v) is 5.75. The van der Waals surface area contributed by atoms with Crippen LogP contribution in [-0.2, 0) is 0 Å². The van der Waals surface area contributed by atoms with E-state index < -0.39 is 11.7 Å². The molecule has 1 aromatic carbocycles. The van der Waals surface area contributed by atoms with Gasteiger partial charge in [-0.05, 0) is 37.1 Å². The van der Waals surface area contributed by atoms with Crippen molar-refractivity contribution in [2.75, 3.05) is 5.32 Å². The summed E-state index contributed by atoms with van der Waals surface area (Å²) in [4.78, 5) is 30.5. The molecule has 1 heterocycles. The summed E-state index contributed by atoms with van der Waals surface area (Å²) in [7, 11) is 0. The number of amides is 1. The molecule has 8 heteroatoms. The summed E-state index contributed by atoms with van der Waals surface area (Å²) in [5.41, 5.74) is -0.166. The van der Waals surface area contributed by atoms with Gasteiger partial charge in [-0.25, -0.2) is 9.38 Å². The molecule has 0 spiro atoms. The largest absolute Gasteiger partial charge is 0.312 e. The number of pyridine rings is 1. The summed E-state index contributed by atoms with van der Waals surface area (Å²) in [5.74, 6) is -0.620. The Kier molecular flexibility index (Phi) is 4.61. The van der Waals surface area contributed by atoms with E-state index in [0.717, 1.165) is 18.9 Å². The van der Waals surface area contributed by atoms with Crippen LogP contribution in [0.3, 0.4) is 0 Å². The van der Waals surface area contributed by atoms with Crippen molar-refractivity contribution in [3.63, 3.8) is 0 Å². The quantitative estimate of drug-likeness (QED) is 0.588. The fourth-order valence-corrected chi connectivity index (χ4v) is 2.06. The summed E-state index contributed by atoms with van der Waals surface area (Å²) in [6.07, 6.45) is 1.86. The van der Waals surface area contributed by atoms with Crippen molar-refractivity contribution in [3.05, 3.63) is 63.2 Å². The van der Waals surface area contributed by atoms with Crippen LogP contribution in [0.25, 0.3) is 0 Å². The number of anilines is 1. The van der Waals surface area contributed by atoms with E-state index in [1.54, 1.807) is 12.1 Å². The lowest BCUT2D eigenvalue weighted by Crippen LogP contribution is -2.37. The summed E-state index contributed by atoms with van der Waals surface area (Å²) in [6.45, 7) is 0. The molecule has 1 aliphatic rings. The Morgan fingerprint density at radius 2 is 2.08 bits per heavy atom. The number of hydrogen-bond acceptors (Lipinski definition) is 3. The molecule has 2 aromatic rings. The Morgan fingerprint density at radius 3 is 2.75 bits per heavy atom. The Labute approximate surface area is 141 Å². The van der Waals surface area contributed by atoms with Gasteiger partial charge in [-0.15, -0.1) is 0 Å². The number of aromatic nitrogens is 1. The maximum Gasteiger partial charge on any atom is 0.258 e. The van der Waals surface area contributed by atoms with E-state index in [9.17, 15) is 14.0 Å². The summed E-state index contributed by atoms with van der Waals surface area (Å²) in [5, 5.41) is 5.39. The van der Waals surface area contributed by atoms with Crippen LogP contribution in [0.5, 0.6) is 0 Å². The number of rotatable bonds is 3. The molecule has 1 aliphatic carbocycles. The monoisotopic (exact) mass is 348 g/mol. The van der Waals surface area contributed by atoms with Crippen molar-refractivity contribution in [1.29, 1.82) is 0 Å². The molecule has 0 aliphatic heterocycles. The number of aliphatic imine (C=N–C) groups is 1. The molecule has 1 amide bonds. The van der Waals surface area contributed by atoms with Crippen molar-refractivity contribution in [1.82, 2.24) is 10.3 Å². The predicted molar refractivity (Wildman–Crippen MR) is 90.0 cm³/mol. The fraction of sp³-hybridized carbons (Fsp3) is 0.188. The molecule has 1 fully saturated rings. The van der Waals surface area contributed by atoms with Crippen LogP contribution >= 0.6 is 11.6 Å². The zero-order valence-electron chi connectivity index (χ0n) is 12.5. The Bertz CT molecular complexity index is 861. The number of guanidine groups is 1. The highest BCUT2D eigenvalue weighted by atomic mass is 35.5. The number of carbonyl (C=O) groups is 1. The first-order valence-electron chi connectivity index (χ1n) is 7.32. The molecule has 1 saturated carbocycles. The summed E-state index contributed by atoms with van der Waals surface area (Å²) < 4.78 is 13.5. The third-order valence-electron chi connectivity index (χ3n) is 3.29. The van der Waals surface area contributed by atoms with Gasteiger partial charge in [-0.2, -0.15) is 0 Å². The van der Waals surface area contributed by atoms with E-state index in [-0.39, 0.29) is 28.1 Å². The number of nitrogens with one attached hydrogen (secondary N) is 3. The number of benzene rings is 1. The van der Waals surface area contributed by atoms with Gasteiger partial charge in [0.25, 0.3) is 5.91 Å². The highest BCUT2D eigenvalue weighted by Gasteiger charge is 2.22. The summed E-state index contributed by atoms with van der Waals surface area (Å²) >= 11 is 5.61. The van der Waals surface area contributed by atoms with Crippen LogP contribution in [0.4, 0.5) is 10.2 Å². The van der Waals surface area contributed by atoms with Crippen molar-refractivity contribution >= 4 is 29.3 Å². The molecular formula is C16H14ClFN4O2. The van der Waals surface area contributed by atoms with Crippen LogP contribution in [-0.4, -0.2) is 22.9 Å². The van der Waals surface area contributed by atoms with Gasteiger partial charge in [0.2, 0.25) is 11.5 Å². The smallest absolute Gasteiger partial charge is 0.258 e. The van der Waals surface area contributed by atoms with Gasteiger partial charge in [0.1, 0.15) is 11.6 Å². The second kappa shape index (κ2) is 6.84. The van der Waals surface area contributed by atoms with E-state index in [1.807, 2.05) is 0 Å². The first-order chi connectivity index (χ1) is 11.5. The molecule has 1 aromatic heterocycles. The van der Waals surface area contributed by atoms with Gasteiger partial charge in [-0.3, -0.25) is 14.9 Å². The number of hydrogen-bond donors (Lipinski definition) is 3. The lowest BCUT2D eigenvalue weighted by atomic mass is 10.2. The van der Waals surface area contributed by atoms with Crippen LogP contribution in [0.1, 0.15) is 23.2 Å². The molecule has 3 N–H and O–H groups in total. The molecular weight excluding hydrogens is 335 g/mol. The van der Waals surface area contributed by atoms with Gasteiger partial charge in [0.05, 0.1) is 11.1 Å². The van der Waals surface area contributed by atoms with E-state index >= 15 is 0 Å². The lowest BCUT2D eigenvalue weighted by Gasteiger charge is -2.11. The molecule has 124 valence electrons. The average molecular weight is 349 g/mol. The molecule has 0 radical (unpaired) electrons. The molecule has 0 atom stereocenters. The third kappa shape index (κ3) is 4.20. The van der Waals surface area contributed by atoms with Gasteiger partial charge < -0.3 is 10.3 Å². The van der Waals surface area contributed by atoms with E-state index in [4.69, 9.17) is 11.6 Å². The predicted octanol–water partition coefficient (Wildman–Crippen LogP) is 2.53. The standard InChI is InChI=1S/C16H14ClFN4O2/c17-11-7-4-9(8-12(11)18)15(24)22-16(19-10-5-6-10)21-13-2-1-3-14(23)20-13/h1-4,7-8,10H,5-6H2,(H3,19,20,21,22,23,24).